The van der Waals surface area contributed by atoms with Gasteiger partial charge in [0, 0.05) is 6.20 Å². The van der Waals surface area contributed by atoms with E-state index in [1.165, 1.54) is 0 Å². The van der Waals surface area contributed by atoms with E-state index in [9.17, 15) is 18.0 Å². The first-order valence-corrected chi connectivity index (χ1v) is 6.21. The molecule has 0 saturated heterocycles. The molecule has 1 aromatic rings. The lowest BCUT2D eigenvalue weighted by molar-refractivity contribution is -0.137. The van der Waals surface area contributed by atoms with Gasteiger partial charge in [-0.05, 0) is 12.0 Å². The number of alkyl halides is 3. The van der Waals surface area contributed by atoms with Crippen molar-refractivity contribution >= 4 is 29.0 Å². The predicted octanol–water partition coefficient (Wildman–Crippen LogP) is 3.50. The Bertz CT molecular complexity index is 584. The van der Waals surface area contributed by atoms with E-state index in [1.54, 1.807) is 0 Å². The summed E-state index contributed by atoms with van der Waals surface area (Å²) in [6.07, 6.45) is -3.77. The quantitative estimate of drug-likeness (QED) is 0.839. The molecule has 0 unspecified atom stereocenters. The first-order chi connectivity index (χ1) is 9.20. The first-order valence-electron chi connectivity index (χ1n) is 5.83. The lowest BCUT2D eigenvalue weighted by atomic mass is 10.1. The van der Waals surface area contributed by atoms with Crippen LogP contribution in [0.5, 0.6) is 0 Å². The van der Waals surface area contributed by atoms with Gasteiger partial charge in [0.2, 0.25) is 0 Å². The van der Waals surface area contributed by atoms with Gasteiger partial charge < -0.3 is 0 Å². The zero-order valence-electron chi connectivity index (χ0n) is 10.7. The molecule has 1 aliphatic heterocycles. The van der Waals surface area contributed by atoms with E-state index in [0.29, 0.717) is 11.9 Å². The van der Waals surface area contributed by atoms with Crippen molar-refractivity contribution in [2.45, 2.75) is 26.4 Å². The van der Waals surface area contributed by atoms with Crippen molar-refractivity contribution in [1.29, 1.82) is 0 Å². The van der Waals surface area contributed by atoms with Crippen molar-refractivity contribution < 1.29 is 18.0 Å². The van der Waals surface area contributed by atoms with Crippen molar-refractivity contribution in [2.75, 3.05) is 5.01 Å². The summed E-state index contributed by atoms with van der Waals surface area (Å²) >= 11 is 5.78. The summed E-state index contributed by atoms with van der Waals surface area (Å²) in [5.74, 6) is -0.375. The van der Waals surface area contributed by atoms with Crippen LogP contribution in [0.2, 0.25) is 5.02 Å². The Labute approximate surface area is 118 Å². The minimum Gasteiger partial charge on any atom is -0.272 e. The number of halogens is 4. The third-order valence-electron chi connectivity index (χ3n) is 2.81. The van der Waals surface area contributed by atoms with Crippen LogP contribution in [0.1, 0.15) is 25.8 Å². The highest BCUT2D eigenvalue weighted by Crippen LogP contribution is 2.34. The Morgan fingerprint density at radius 2 is 2.05 bits per heavy atom. The Kier molecular flexibility index (Phi) is 3.73. The molecule has 0 atom stereocenters. The van der Waals surface area contributed by atoms with Gasteiger partial charge in [-0.25, -0.2) is 4.98 Å². The van der Waals surface area contributed by atoms with Gasteiger partial charge in [0.05, 0.1) is 22.7 Å². The second kappa shape index (κ2) is 5.05. The lowest BCUT2D eigenvalue weighted by Crippen LogP contribution is -2.21. The number of pyridine rings is 1. The third kappa shape index (κ3) is 2.77. The van der Waals surface area contributed by atoms with E-state index in [2.05, 4.69) is 10.1 Å². The second-order valence-corrected chi connectivity index (χ2v) is 5.06. The molecule has 4 nitrogen and oxygen atoms in total. The molecular formula is C12H11ClF3N3O. The average molecular weight is 306 g/mol. The van der Waals surface area contributed by atoms with Gasteiger partial charge in [-0.1, -0.05) is 25.4 Å². The molecule has 0 aromatic carbocycles. The molecule has 2 heterocycles. The first kappa shape index (κ1) is 14.8. The molecule has 0 fully saturated rings. The van der Waals surface area contributed by atoms with Crippen LogP contribution in [-0.2, 0) is 11.0 Å². The maximum atomic E-state index is 12.5. The monoisotopic (exact) mass is 305 g/mol. The topological polar surface area (TPSA) is 45.6 Å². The van der Waals surface area contributed by atoms with Crippen molar-refractivity contribution in [3.8, 4) is 0 Å². The van der Waals surface area contributed by atoms with Gasteiger partial charge >= 0.3 is 6.18 Å². The molecule has 0 aliphatic carbocycles. The highest BCUT2D eigenvalue weighted by molar-refractivity contribution is 6.33. The fraction of sp³-hybridized carbons (Fsp3) is 0.417. The molecule has 1 aliphatic rings. The minimum atomic E-state index is -4.53. The van der Waals surface area contributed by atoms with Gasteiger partial charge in [-0.3, -0.25) is 4.79 Å². The summed E-state index contributed by atoms with van der Waals surface area (Å²) in [5.41, 5.74) is -0.321. The minimum absolute atomic E-state index is 0.0668. The molecule has 0 N–H and O–H groups in total. The van der Waals surface area contributed by atoms with E-state index in [-0.39, 0.29) is 29.1 Å². The normalized spacial score (nSPS) is 16.1. The molecule has 0 saturated carbocycles. The van der Waals surface area contributed by atoms with Crippen LogP contribution in [0.3, 0.4) is 0 Å². The zero-order valence-corrected chi connectivity index (χ0v) is 11.5. The zero-order chi connectivity index (χ0) is 15.1. The van der Waals surface area contributed by atoms with Crippen LogP contribution in [0, 0.1) is 5.92 Å². The number of aromatic nitrogens is 1. The summed E-state index contributed by atoms with van der Waals surface area (Å²) < 4.78 is 37.5. The molecule has 1 aromatic heterocycles. The second-order valence-electron chi connectivity index (χ2n) is 4.66. The predicted molar refractivity (Wildman–Crippen MR) is 68.6 cm³/mol. The Hall–Kier alpha value is -1.63. The van der Waals surface area contributed by atoms with Crippen molar-refractivity contribution in [1.82, 2.24) is 4.98 Å². The largest absolute Gasteiger partial charge is 0.417 e. The molecule has 0 bridgehead atoms. The van der Waals surface area contributed by atoms with E-state index in [4.69, 9.17) is 11.6 Å². The smallest absolute Gasteiger partial charge is 0.272 e. The van der Waals surface area contributed by atoms with Crippen LogP contribution in [0.25, 0.3) is 0 Å². The highest BCUT2D eigenvalue weighted by Gasteiger charge is 2.34. The Morgan fingerprint density at radius 1 is 1.40 bits per heavy atom. The lowest BCUT2D eigenvalue weighted by Gasteiger charge is -2.14. The molecule has 20 heavy (non-hydrogen) atoms. The van der Waals surface area contributed by atoms with Gasteiger partial charge in [0.25, 0.3) is 5.91 Å². The molecule has 108 valence electrons. The molecular weight excluding hydrogens is 295 g/mol. The number of hydrogen-bond acceptors (Lipinski definition) is 3. The van der Waals surface area contributed by atoms with Gasteiger partial charge in [-0.15, -0.1) is 0 Å². The number of nitrogens with zero attached hydrogens (tertiary/aromatic N) is 3. The maximum absolute atomic E-state index is 12.5. The number of anilines is 1. The molecule has 1 amide bonds. The summed E-state index contributed by atoms with van der Waals surface area (Å²) in [7, 11) is 0. The van der Waals surface area contributed by atoms with Gasteiger partial charge in [0.1, 0.15) is 0 Å². The van der Waals surface area contributed by atoms with Gasteiger partial charge in [-0.2, -0.15) is 23.3 Å². The maximum Gasteiger partial charge on any atom is 0.417 e. The fourth-order valence-electron chi connectivity index (χ4n) is 1.68. The highest BCUT2D eigenvalue weighted by atomic mass is 35.5. The summed E-state index contributed by atoms with van der Waals surface area (Å²) in [6.45, 7) is 3.74. The van der Waals surface area contributed by atoms with E-state index < -0.39 is 11.7 Å². The fourth-order valence-corrected chi connectivity index (χ4v) is 1.92. The SMILES string of the molecule is CC(C)C1=NN(c2ncc(C(F)(F)F)cc2Cl)C(=O)C1. The van der Waals surface area contributed by atoms with Crippen molar-refractivity contribution in [2.24, 2.45) is 11.0 Å². The number of hydrogen-bond donors (Lipinski definition) is 0. The number of hydrazone groups is 1. The van der Waals surface area contributed by atoms with Crippen LogP contribution >= 0.6 is 11.6 Å². The summed E-state index contributed by atoms with van der Waals surface area (Å²) in [5, 5.41) is 4.76. The van der Waals surface area contributed by atoms with Crippen LogP contribution < -0.4 is 5.01 Å². The van der Waals surface area contributed by atoms with E-state index >= 15 is 0 Å². The van der Waals surface area contributed by atoms with Crippen LogP contribution in [0.15, 0.2) is 17.4 Å². The number of rotatable bonds is 2. The summed E-state index contributed by atoms with van der Waals surface area (Å²) in [6, 6.07) is 0.736. The standard InChI is InChI=1S/C12H11ClF3N3O/c1-6(2)9-4-10(20)19(18-9)11-8(13)3-7(5-17-11)12(14,15)16/h3,5-6H,4H2,1-2H3. The van der Waals surface area contributed by atoms with Gasteiger partial charge in [0.15, 0.2) is 5.82 Å². The number of carbonyl (C=O) groups is 1. The van der Waals surface area contributed by atoms with Crippen molar-refractivity contribution in [3.63, 3.8) is 0 Å². The number of amides is 1. The number of carbonyl (C=O) groups excluding carboxylic acids is 1. The Morgan fingerprint density at radius 3 is 2.50 bits per heavy atom. The average Bonchev–Trinajstić information content (AvgIpc) is 2.70. The van der Waals surface area contributed by atoms with E-state index in [0.717, 1.165) is 11.1 Å². The van der Waals surface area contributed by atoms with Crippen LogP contribution in [0.4, 0.5) is 19.0 Å². The molecule has 8 heteroatoms. The van der Waals surface area contributed by atoms with Crippen molar-refractivity contribution in [3.05, 3.63) is 22.8 Å². The van der Waals surface area contributed by atoms with Crippen LogP contribution in [-0.4, -0.2) is 16.6 Å². The summed E-state index contributed by atoms with van der Waals surface area (Å²) in [4.78, 5) is 15.4. The van der Waals surface area contributed by atoms with E-state index in [1.807, 2.05) is 13.8 Å². The Balaban J connectivity index is 2.37. The molecule has 2 rings (SSSR count). The third-order valence-corrected chi connectivity index (χ3v) is 3.09. The molecule has 0 radical (unpaired) electrons. The molecule has 0 spiro atoms.